The molecule has 3 rings (SSSR count). The first-order valence-corrected chi connectivity index (χ1v) is 8.00. The van der Waals surface area contributed by atoms with E-state index in [1.165, 1.54) is 37.0 Å². The largest absolute Gasteiger partial charge is 0.497 e. The summed E-state index contributed by atoms with van der Waals surface area (Å²) in [5.74, 6) is 2.05. The third-order valence-corrected chi connectivity index (χ3v) is 4.31. The maximum Gasteiger partial charge on any atom is 0.127 e. The SMILES string of the molecule is COc1ccc2c(c1)nc(C1CCCCCN1)n2C(C)C. The van der Waals surface area contributed by atoms with E-state index in [-0.39, 0.29) is 0 Å². The van der Waals surface area contributed by atoms with Crippen LogP contribution in [0, 0.1) is 0 Å². The number of nitrogens with one attached hydrogen (secondary N) is 1. The molecule has 1 unspecified atom stereocenters. The van der Waals surface area contributed by atoms with Crippen LogP contribution in [0.3, 0.4) is 0 Å². The molecule has 0 bridgehead atoms. The predicted octanol–water partition coefficient (Wildman–Crippen LogP) is 3.83. The van der Waals surface area contributed by atoms with Crippen LogP contribution in [-0.2, 0) is 0 Å². The van der Waals surface area contributed by atoms with E-state index < -0.39 is 0 Å². The number of nitrogens with zero attached hydrogens (tertiary/aromatic N) is 2. The number of rotatable bonds is 3. The normalized spacial score (nSPS) is 19.9. The van der Waals surface area contributed by atoms with Gasteiger partial charge in [-0.05, 0) is 45.4 Å². The zero-order valence-electron chi connectivity index (χ0n) is 13.2. The summed E-state index contributed by atoms with van der Waals surface area (Å²) >= 11 is 0. The van der Waals surface area contributed by atoms with Crippen molar-refractivity contribution in [2.75, 3.05) is 13.7 Å². The van der Waals surface area contributed by atoms with E-state index in [1.807, 2.05) is 12.1 Å². The summed E-state index contributed by atoms with van der Waals surface area (Å²) < 4.78 is 7.71. The van der Waals surface area contributed by atoms with Crippen LogP contribution in [0.2, 0.25) is 0 Å². The van der Waals surface area contributed by atoms with Crippen LogP contribution in [0.1, 0.15) is 57.4 Å². The smallest absolute Gasteiger partial charge is 0.127 e. The average molecular weight is 287 g/mol. The molecule has 0 aliphatic carbocycles. The lowest BCUT2D eigenvalue weighted by Gasteiger charge is -2.20. The highest BCUT2D eigenvalue weighted by atomic mass is 16.5. The molecule has 21 heavy (non-hydrogen) atoms. The molecule has 114 valence electrons. The van der Waals surface area contributed by atoms with Crippen LogP contribution in [0.25, 0.3) is 11.0 Å². The van der Waals surface area contributed by atoms with Gasteiger partial charge in [-0.15, -0.1) is 0 Å². The molecule has 1 aromatic carbocycles. The fourth-order valence-electron chi connectivity index (χ4n) is 3.26. The van der Waals surface area contributed by atoms with Gasteiger partial charge in [-0.3, -0.25) is 0 Å². The lowest BCUT2D eigenvalue weighted by atomic mass is 10.1. The summed E-state index contributed by atoms with van der Waals surface area (Å²) in [6.07, 6.45) is 5.04. The molecule has 1 saturated heterocycles. The number of aromatic nitrogens is 2. The van der Waals surface area contributed by atoms with E-state index >= 15 is 0 Å². The van der Waals surface area contributed by atoms with Crippen molar-refractivity contribution in [1.82, 2.24) is 14.9 Å². The predicted molar refractivity (Wildman–Crippen MR) is 85.9 cm³/mol. The van der Waals surface area contributed by atoms with E-state index in [0.29, 0.717) is 12.1 Å². The first-order valence-electron chi connectivity index (χ1n) is 8.00. The summed E-state index contributed by atoms with van der Waals surface area (Å²) in [7, 11) is 1.70. The van der Waals surface area contributed by atoms with Gasteiger partial charge in [0.25, 0.3) is 0 Å². The number of imidazole rings is 1. The second-order valence-corrected chi connectivity index (χ2v) is 6.14. The molecule has 0 saturated carbocycles. The van der Waals surface area contributed by atoms with Crippen molar-refractivity contribution in [2.45, 2.75) is 51.6 Å². The Labute approximate surface area is 126 Å². The van der Waals surface area contributed by atoms with E-state index in [2.05, 4.69) is 29.8 Å². The number of methoxy groups -OCH3 is 1. The van der Waals surface area contributed by atoms with Gasteiger partial charge in [-0.1, -0.05) is 12.8 Å². The molecule has 2 aromatic rings. The molecule has 0 spiro atoms. The number of ether oxygens (including phenoxy) is 1. The molecular formula is C17H25N3O. The molecule has 1 N–H and O–H groups in total. The minimum atomic E-state index is 0.369. The number of hydrogen-bond donors (Lipinski definition) is 1. The molecule has 2 heterocycles. The van der Waals surface area contributed by atoms with Gasteiger partial charge >= 0.3 is 0 Å². The van der Waals surface area contributed by atoms with Gasteiger partial charge in [0.15, 0.2) is 0 Å². The average Bonchev–Trinajstić information content (AvgIpc) is 2.66. The van der Waals surface area contributed by atoms with Crippen molar-refractivity contribution >= 4 is 11.0 Å². The molecule has 4 nitrogen and oxygen atoms in total. The van der Waals surface area contributed by atoms with Crippen molar-refractivity contribution in [2.24, 2.45) is 0 Å². The van der Waals surface area contributed by atoms with Crippen LogP contribution < -0.4 is 10.1 Å². The quantitative estimate of drug-likeness (QED) is 0.932. The first kappa shape index (κ1) is 14.4. The molecule has 0 radical (unpaired) electrons. The van der Waals surface area contributed by atoms with Crippen LogP contribution >= 0.6 is 0 Å². The summed E-state index contributed by atoms with van der Waals surface area (Å²) in [5, 5.41) is 3.67. The van der Waals surface area contributed by atoms with Gasteiger partial charge in [0.1, 0.15) is 11.6 Å². The fourth-order valence-corrected chi connectivity index (χ4v) is 3.26. The number of fused-ring (bicyclic) bond motifs is 1. The van der Waals surface area contributed by atoms with Gasteiger partial charge in [0.05, 0.1) is 24.2 Å². The minimum Gasteiger partial charge on any atom is -0.497 e. The maximum atomic E-state index is 5.33. The Morgan fingerprint density at radius 3 is 2.90 bits per heavy atom. The van der Waals surface area contributed by atoms with Crippen LogP contribution in [-0.4, -0.2) is 23.2 Å². The number of hydrogen-bond acceptors (Lipinski definition) is 3. The van der Waals surface area contributed by atoms with Gasteiger partial charge in [0, 0.05) is 12.1 Å². The van der Waals surface area contributed by atoms with E-state index in [4.69, 9.17) is 9.72 Å². The summed E-state index contributed by atoms with van der Waals surface area (Å²) in [6, 6.07) is 6.96. The standard InChI is InChI=1S/C17H25N3O/c1-12(2)20-16-9-8-13(21-3)11-15(16)19-17(20)14-7-5-4-6-10-18-14/h8-9,11-12,14,18H,4-7,10H2,1-3H3. The Hall–Kier alpha value is -1.55. The Kier molecular flexibility index (Phi) is 4.15. The van der Waals surface area contributed by atoms with Crippen molar-refractivity contribution in [3.63, 3.8) is 0 Å². The Bertz CT molecular complexity index is 610. The Morgan fingerprint density at radius 2 is 2.14 bits per heavy atom. The third-order valence-electron chi connectivity index (χ3n) is 4.31. The van der Waals surface area contributed by atoms with Crippen LogP contribution in [0.15, 0.2) is 18.2 Å². The van der Waals surface area contributed by atoms with E-state index in [9.17, 15) is 0 Å². The van der Waals surface area contributed by atoms with E-state index in [1.54, 1.807) is 7.11 Å². The molecule has 1 aliphatic heterocycles. The summed E-state index contributed by atoms with van der Waals surface area (Å²) in [5.41, 5.74) is 2.23. The molecular weight excluding hydrogens is 262 g/mol. The van der Waals surface area contributed by atoms with E-state index in [0.717, 1.165) is 17.8 Å². The molecule has 1 aliphatic rings. The zero-order valence-corrected chi connectivity index (χ0v) is 13.2. The summed E-state index contributed by atoms with van der Waals surface area (Å²) in [4.78, 5) is 4.93. The van der Waals surface area contributed by atoms with Crippen molar-refractivity contribution in [3.8, 4) is 5.75 Å². The zero-order chi connectivity index (χ0) is 14.8. The number of benzene rings is 1. The fraction of sp³-hybridized carbons (Fsp3) is 0.588. The van der Waals surface area contributed by atoms with Gasteiger partial charge in [-0.25, -0.2) is 4.98 Å². The summed E-state index contributed by atoms with van der Waals surface area (Å²) in [6.45, 7) is 5.55. The Balaban J connectivity index is 2.09. The van der Waals surface area contributed by atoms with Gasteiger partial charge in [-0.2, -0.15) is 0 Å². The molecule has 1 atom stereocenters. The third kappa shape index (κ3) is 2.77. The maximum absolute atomic E-state index is 5.33. The molecule has 1 fully saturated rings. The van der Waals surface area contributed by atoms with Crippen molar-refractivity contribution in [1.29, 1.82) is 0 Å². The highest BCUT2D eigenvalue weighted by Crippen LogP contribution is 2.30. The lowest BCUT2D eigenvalue weighted by molar-refractivity contribution is 0.415. The molecule has 1 aromatic heterocycles. The van der Waals surface area contributed by atoms with Crippen molar-refractivity contribution in [3.05, 3.63) is 24.0 Å². The van der Waals surface area contributed by atoms with Gasteiger partial charge < -0.3 is 14.6 Å². The highest BCUT2D eigenvalue weighted by Gasteiger charge is 2.22. The first-order chi connectivity index (χ1) is 10.2. The Morgan fingerprint density at radius 1 is 1.29 bits per heavy atom. The second kappa shape index (κ2) is 6.06. The van der Waals surface area contributed by atoms with Gasteiger partial charge in [0.2, 0.25) is 0 Å². The highest BCUT2D eigenvalue weighted by molar-refractivity contribution is 5.78. The lowest BCUT2D eigenvalue weighted by Crippen LogP contribution is -2.24. The van der Waals surface area contributed by atoms with Crippen LogP contribution in [0.5, 0.6) is 5.75 Å². The van der Waals surface area contributed by atoms with Crippen LogP contribution in [0.4, 0.5) is 0 Å². The monoisotopic (exact) mass is 287 g/mol. The minimum absolute atomic E-state index is 0.369. The molecule has 0 amide bonds. The molecule has 4 heteroatoms. The van der Waals surface area contributed by atoms with Crippen molar-refractivity contribution < 1.29 is 4.74 Å². The topological polar surface area (TPSA) is 39.1 Å². The second-order valence-electron chi connectivity index (χ2n) is 6.14.